The molecule has 6 nitrogen and oxygen atoms in total. The maximum atomic E-state index is 12.1. The van der Waals surface area contributed by atoms with Crippen LogP contribution in [-0.2, 0) is 4.79 Å². The normalized spacial score (nSPS) is 11.5. The average molecular weight is 480 g/mol. The number of benzene rings is 3. The van der Waals surface area contributed by atoms with E-state index in [1.807, 2.05) is 48.5 Å². The van der Waals surface area contributed by atoms with Crippen LogP contribution in [0.4, 0.5) is 11.4 Å². The van der Waals surface area contributed by atoms with E-state index in [1.165, 1.54) is 6.92 Å². The molecule has 178 valence electrons. The van der Waals surface area contributed by atoms with E-state index in [0.29, 0.717) is 10.6 Å². The fourth-order valence-electron chi connectivity index (χ4n) is 3.76. The molecule has 3 rings (SSSR count). The van der Waals surface area contributed by atoms with E-state index in [-0.39, 0.29) is 31.0 Å². The van der Waals surface area contributed by atoms with Gasteiger partial charge in [0.1, 0.15) is 0 Å². The summed E-state index contributed by atoms with van der Waals surface area (Å²) >= 11 is 6.04. The number of halogens is 1. The van der Waals surface area contributed by atoms with Crippen LogP contribution in [0.15, 0.2) is 66.7 Å². The Morgan fingerprint density at radius 3 is 2.26 bits per heavy atom. The van der Waals surface area contributed by atoms with Gasteiger partial charge in [-0.05, 0) is 71.6 Å². The van der Waals surface area contributed by atoms with E-state index in [1.54, 1.807) is 12.1 Å². The molecule has 0 aliphatic carbocycles. The fraction of sp³-hybridized carbons (Fsp3) is 0.259. The smallest absolute Gasteiger partial charge is 0.251 e. The molecular formula is C27H30ClN3O3. The highest BCUT2D eigenvalue weighted by Gasteiger charge is 2.17. The van der Waals surface area contributed by atoms with Crippen molar-refractivity contribution in [2.45, 2.75) is 32.7 Å². The SMILES string of the molecule is CCCC(Nc1ccc(Cl)cc1)c1cc(-c2ccc(C(=O)NCCO)cc2)ccc1NC(C)=O. The number of carbonyl (C=O) groups excluding carboxylic acids is 2. The van der Waals surface area contributed by atoms with Gasteiger partial charge in [-0.3, -0.25) is 9.59 Å². The lowest BCUT2D eigenvalue weighted by molar-refractivity contribution is -0.114. The monoisotopic (exact) mass is 479 g/mol. The van der Waals surface area contributed by atoms with Crippen molar-refractivity contribution in [1.29, 1.82) is 0 Å². The lowest BCUT2D eigenvalue weighted by Crippen LogP contribution is -2.26. The summed E-state index contributed by atoms with van der Waals surface area (Å²) < 4.78 is 0. The number of aliphatic hydroxyl groups is 1. The summed E-state index contributed by atoms with van der Waals surface area (Å²) in [6.45, 7) is 3.74. The summed E-state index contributed by atoms with van der Waals surface area (Å²) in [4.78, 5) is 24.0. The summed E-state index contributed by atoms with van der Waals surface area (Å²) in [6, 6.07) is 20.8. The van der Waals surface area contributed by atoms with Crippen LogP contribution in [0.5, 0.6) is 0 Å². The fourth-order valence-corrected chi connectivity index (χ4v) is 3.89. The Balaban J connectivity index is 1.95. The first-order chi connectivity index (χ1) is 16.4. The van der Waals surface area contributed by atoms with E-state index in [2.05, 4.69) is 28.9 Å². The van der Waals surface area contributed by atoms with Crippen molar-refractivity contribution < 1.29 is 14.7 Å². The zero-order valence-electron chi connectivity index (χ0n) is 19.4. The molecule has 4 N–H and O–H groups in total. The van der Waals surface area contributed by atoms with E-state index in [4.69, 9.17) is 16.7 Å². The van der Waals surface area contributed by atoms with E-state index in [9.17, 15) is 9.59 Å². The van der Waals surface area contributed by atoms with Crippen molar-refractivity contribution in [2.75, 3.05) is 23.8 Å². The maximum Gasteiger partial charge on any atom is 0.251 e. The zero-order valence-corrected chi connectivity index (χ0v) is 20.2. The zero-order chi connectivity index (χ0) is 24.5. The summed E-state index contributed by atoms with van der Waals surface area (Å²) in [7, 11) is 0. The molecule has 0 saturated carbocycles. The van der Waals surface area contributed by atoms with Crippen molar-refractivity contribution in [1.82, 2.24) is 5.32 Å². The Morgan fingerprint density at radius 2 is 1.65 bits per heavy atom. The molecule has 1 unspecified atom stereocenters. The molecule has 3 aromatic rings. The molecule has 0 spiro atoms. The third-order valence-electron chi connectivity index (χ3n) is 5.38. The van der Waals surface area contributed by atoms with Gasteiger partial charge in [0.05, 0.1) is 12.6 Å². The van der Waals surface area contributed by atoms with Gasteiger partial charge in [0.25, 0.3) is 5.91 Å². The van der Waals surface area contributed by atoms with Gasteiger partial charge in [-0.15, -0.1) is 0 Å². The molecule has 34 heavy (non-hydrogen) atoms. The number of amides is 2. The number of hydrogen-bond donors (Lipinski definition) is 4. The molecule has 0 bridgehead atoms. The maximum absolute atomic E-state index is 12.1. The minimum absolute atomic E-state index is 0.0310. The Kier molecular flexibility index (Phi) is 9.08. The highest BCUT2D eigenvalue weighted by molar-refractivity contribution is 6.30. The van der Waals surface area contributed by atoms with Crippen molar-refractivity contribution in [3.8, 4) is 11.1 Å². The number of aliphatic hydroxyl groups excluding tert-OH is 1. The topological polar surface area (TPSA) is 90.5 Å². The summed E-state index contributed by atoms with van der Waals surface area (Å²) in [5.74, 6) is -0.355. The first-order valence-corrected chi connectivity index (χ1v) is 11.7. The third kappa shape index (κ3) is 6.83. The van der Waals surface area contributed by atoms with Gasteiger partial charge in [-0.25, -0.2) is 0 Å². The Morgan fingerprint density at radius 1 is 0.971 bits per heavy atom. The van der Waals surface area contributed by atoms with E-state index < -0.39 is 0 Å². The minimum atomic E-state index is -0.225. The van der Waals surface area contributed by atoms with Crippen LogP contribution in [0.3, 0.4) is 0 Å². The van der Waals surface area contributed by atoms with Crippen LogP contribution in [0, 0.1) is 0 Å². The van der Waals surface area contributed by atoms with Crippen LogP contribution >= 0.6 is 11.6 Å². The first-order valence-electron chi connectivity index (χ1n) is 11.3. The molecule has 2 amide bonds. The second-order valence-electron chi connectivity index (χ2n) is 8.03. The molecule has 0 aromatic heterocycles. The molecule has 0 aliphatic rings. The Labute approximate surface area is 205 Å². The highest BCUT2D eigenvalue weighted by Crippen LogP contribution is 2.34. The molecular weight excluding hydrogens is 450 g/mol. The largest absolute Gasteiger partial charge is 0.395 e. The van der Waals surface area contributed by atoms with Crippen molar-refractivity contribution >= 4 is 34.8 Å². The van der Waals surface area contributed by atoms with Crippen LogP contribution in [0.25, 0.3) is 11.1 Å². The quantitative estimate of drug-likeness (QED) is 0.303. The first kappa shape index (κ1) is 25.3. The predicted molar refractivity (Wildman–Crippen MR) is 138 cm³/mol. The lowest BCUT2D eigenvalue weighted by Gasteiger charge is -2.24. The Hall–Kier alpha value is -3.35. The number of rotatable bonds is 10. The summed E-state index contributed by atoms with van der Waals surface area (Å²) in [5.41, 5.74) is 5.15. The van der Waals surface area contributed by atoms with Crippen molar-refractivity contribution in [3.05, 3.63) is 82.9 Å². The summed E-state index contributed by atoms with van der Waals surface area (Å²) in [5, 5.41) is 18.8. The molecule has 0 fully saturated rings. The van der Waals surface area contributed by atoms with Crippen molar-refractivity contribution in [3.63, 3.8) is 0 Å². The number of anilines is 2. The van der Waals surface area contributed by atoms with Gasteiger partial charge in [0.15, 0.2) is 0 Å². The third-order valence-corrected chi connectivity index (χ3v) is 5.63. The van der Waals surface area contributed by atoms with Gasteiger partial charge in [0.2, 0.25) is 5.91 Å². The van der Waals surface area contributed by atoms with Gasteiger partial charge in [-0.1, -0.05) is 43.1 Å². The van der Waals surface area contributed by atoms with E-state index in [0.717, 1.165) is 40.9 Å². The van der Waals surface area contributed by atoms with Gasteiger partial charge >= 0.3 is 0 Å². The molecule has 0 saturated heterocycles. The van der Waals surface area contributed by atoms with E-state index >= 15 is 0 Å². The summed E-state index contributed by atoms with van der Waals surface area (Å²) in [6.07, 6.45) is 1.81. The molecule has 1 atom stereocenters. The minimum Gasteiger partial charge on any atom is -0.395 e. The van der Waals surface area contributed by atoms with Gasteiger partial charge < -0.3 is 21.1 Å². The molecule has 0 radical (unpaired) electrons. The highest BCUT2D eigenvalue weighted by atomic mass is 35.5. The molecule has 7 heteroatoms. The van der Waals surface area contributed by atoms with Gasteiger partial charge in [0, 0.05) is 35.4 Å². The second kappa shape index (κ2) is 12.2. The van der Waals surface area contributed by atoms with Gasteiger partial charge in [-0.2, -0.15) is 0 Å². The van der Waals surface area contributed by atoms with Crippen molar-refractivity contribution in [2.24, 2.45) is 0 Å². The number of hydrogen-bond acceptors (Lipinski definition) is 4. The lowest BCUT2D eigenvalue weighted by atomic mass is 9.94. The molecule has 0 heterocycles. The second-order valence-corrected chi connectivity index (χ2v) is 8.47. The molecule has 3 aromatic carbocycles. The predicted octanol–water partition coefficient (Wildman–Crippen LogP) is 5.64. The van der Waals surface area contributed by atoms with Crippen LogP contribution in [-0.4, -0.2) is 30.1 Å². The van der Waals surface area contributed by atoms with Crippen LogP contribution in [0.2, 0.25) is 5.02 Å². The van der Waals surface area contributed by atoms with Crippen LogP contribution < -0.4 is 16.0 Å². The number of carbonyl (C=O) groups is 2. The molecule has 0 aliphatic heterocycles. The van der Waals surface area contributed by atoms with Crippen LogP contribution in [0.1, 0.15) is 48.7 Å². The number of nitrogens with one attached hydrogen (secondary N) is 3. The standard InChI is InChI=1S/C27H30ClN3O3/c1-3-4-25(31-23-12-10-22(28)11-13-23)24-17-21(9-14-26(24)30-18(2)33)19-5-7-20(8-6-19)27(34)29-15-16-32/h5-14,17,25,31-32H,3-4,15-16H2,1-2H3,(H,29,34)(H,30,33). The average Bonchev–Trinajstić information content (AvgIpc) is 2.83. The Bertz CT molecular complexity index is 1110.